The van der Waals surface area contributed by atoms with E-state index in [0.717, 1.165) is 57.2 Å². The Morgan fingerprint density at radius 3 is 2.92 bits per heavy atom. The van der Waals surface area contributed by atoms with Gasteiger partial charge in [0.15, 0.2) is 5.82 Å². The zero-order valence-corrected chi connectivity index (χ0v) is 16.4. The highest BCUT2D eigenvalue weighted by Crippen LogP contribution is 2.39. The minimum Gasteiger partial charge on any atom is -0.383 e. The summed E-state index contributed by atoms with van der Waals surface area (Å²) in [4.78, 5) is 21.2. The summed E-state index contributed by atoms with van der Waals surface area (Å²) >= 11 is 0. The molecule has 3 heterocycles. The van der Waals surface area contributed by atoms with Crippen molar-refractivity contribution in [3.05, 3.63) is 11.7 Å². The minimum absolute atomic E-state index is 0.199. The van der Waals surface area contributed by atoms with E-state index in [-0.39, 0.29) is 11.3 Å². The molecule has 0 unspecified atom stereocenters. The highest BCUT2D eigenvalue weighted by atomic mass is 16.5. The van der Waals surface area contributed by atoms with E-state index in [1.165, 1.54) is 6.42 Å². The normalized spacial score (nSPS) is 24.8. The number of rotatable bonds is 7. The van der Waals surface area contributed by atoms with Crippen LogP contribution in [0.15, 0.2) is 4.52 Å². The largest absolute Gasteiger partial charge is 0.383 e. The molecule has 2 aliphatic rings. The monoisotopic (exact) mass is 364 g/mol. The predicted octanol–water partition coefficient (Wildman–Crippen LogP) is 2.12. The first-order valence-corrected chi connectivity index (χ1v) is 9.80. The molecule has 7 nitrogen and oxygen atoms in total. The molecule has 0 aliphatic carbocycles. The Labute approximate surface area is 156 Å². The SMILES string of the molecule is COCCN1C[C@]2(CCCN(Cc3noc(CC(C)C)n3)C2)CCC1=O. The summed E-state index contributed by atoms with van der Waals surface area (Å²) in [5, 5.41) is 4.16. The van der Waals surface area contributed by atoms with Crippen molar-refractivity contribution in [2.24, 2.45) is 11.3 Å². The minimum atomic E-state index is 0.199. The summed E-state index contributed by atoms with van der Waals surface area (Å²) in [5.74, 6) is 2.29. The molecule has 3 rings (SSSR count). The Balaban J connectivity index is 1.59. The van der Waals surface area contributed by atoms with Crippen LogP contribution in [0.4, 0.5) is 0 Å². The quantitative estimate of drug-likeness (QED) is 0.738. The Hall–Kier alpha value is -1.47. The lowest BCUT2D eigenvalue weighted by Crippen LogP contribution is -2.54. The molecule has 0 bridgehead atoms. The molecule has 1 aromatic rings. The van der Waals surface area contributed by atoms with Crippen LogP contribution < -0.4 is 0 Å². The lowest BCUT2D eigenvalue weighted by atomic mass is 9.73. The number of carbonyl (C=O) groups is 1. The molecule has 1 spiro atoms. The van der Waals surface area contributed by atoms with Crippen LogP contribution in [0.5, 0.6) is 0 Å². The van der Waals surface area contributed by atoms with E-state index in [2.05, 4.69) is 28.9 Å². The van der Waals surface area contributed by atoms with Crippen molar-refractivity contribution in [2.45, 2.75) is 52.5 Å². The first kappa shape index (κ1) is 19.3. The van der Waals surface area contributed by atoms with Crippen LogP contribution in [0.1, 0.15) is 51.2 Å². The molecule has 0 aromatic carbocycles. The number of methoxy groups -OCH3 is 1. The second-order valence-electron chi connectivity index (χ2n) is 8.32. The third-order valence-electron chi connectivity index (χ3n) is 5.51. The van der Waals surface area contributed by atoms with E-state index in [1.807, 2.05) is 4.90 Å². The van der Waals surface area contributed by atoms with E-state index in [1.54, 1.807) is 7.11 Å². The van der Waals surface area contributed by atoms with Gasteiger partial charge in [-0.1, -0.05) is 19.0 Å². The summed E-state index contributed by atoms with van der Waals surface area (Å²) in [6, 6.07) is 0. The number of amides is 1. The van der Waals surface area contributed by atoms with E-state index in [9.17, 15) is 4.79 Å². The lowest BCUT2D eigenvalue weighted by molar-refractivity contribution is -0.140. The van der Waals surface area contributed by atoms with Crippen LogP contribution in [-0.2, 0) is 22.5 Å². The molecular formula is C19H32N4O3. The molecule has 0 radical (unpaired) electrons. The van der Waals surface area contributed by atoms with Gasteiger partial charge in [0.25, 0.3) is 0 Å². The highest BCUT2D eigenvalue weighted by Gasteiger charge is 2.41. The summed E-state index contributed by atoms with van der Waals surface area (Å²) in [7, 11) is 1.69. The highest BCUT2D eigenvalue weighted by molar-refractivity contribution is 5.77. The molecule has 1 aromatic heterocycles. The fraction of sp³-hybridized carbons (Fsp3) is 0.842. The zero-order valence-electron chi connectivity index (χ0n) is 16.4. The first-order valence-electron chi connectivity index (χ1n) is 9.80. The van der Waals surface area contributed by atoms with Crippen LogP contribution in [-0.4, -0.2) is 65.7 Å². The average Bonchev–Trinajstić information content (AvgIpc) is 3.02. The van der Waals surface area contributed by atoms with Crippen LogP contribution in [0.3, 0.4) is 0 Å². The zero-order chi connectivity index (χ0) is 18.6. The third-order valence-corrected chi connectivity index (χ3v) is 5.51. The number of piperidine rings is 2. The summed E-state index contributed by atoms with van der Waals surface area (Å²) < 4.78 is 10.5. The van der Waals surface area contributed by atoms with Gasteiger partial charge in [0, 0.05) is 45.0 Å². The maximum absolute atomic E-state index is 12.2. The van der Waals surface area contributed by atoms with Crippen molar-refractivity contribution in [1.29, 1.82) is 0 Å². The van der Waals surface area contributed by atoms with E-state index in [0.29, 0.717) is 25.5 Å². The molecule has 1 atom stereocenters. The van der Waals surface area contributed by atoms with Gasteiger partial charge in [0.1, 0.15) is 0 Å². The van der Waals surface area contributed by atoms with Crippen LogP contribution in [0.25, 0.3) is 0 Å². The second kappa shape index (κ2) is 8.48. The molecule has 1 amide bonds. The Morgan fingerprint density at radius 1 is 1.31 bits per heavy atom. The average molecular weight is 364 g/mol. The van der Waals surface area contributed by atoms with Gasteiger partial charge in [-0.25, -0.2) is 0 Å². The smallest absolute Gasteiger partial charge is 0.226 e. The number of ether oxygens (including phenoxy) is 1. The van der Waals surface area contributed by atoms with E-state index < -0.39 is 0 Å². The van der Waals surface area contributed by atoms with Gasteiger partial charge >= 0.3 is 0 Å². The van der Waals surface area contributed by atoms with Crippen molar-refractivity contribution in [2.75, 3.05) is 39.9 Å². The fourth-order valence-corrected chi connectivity index (χ4v) is 4.27. The van der Waals surface area contributed by atoms with Gasteiger partial charge < -0.3 is 14.2 Å². The molecule has 2 aliphatic heterocycles. The number of carbonyl (C=O) groups excluding carboxylic acids is 1. The van der Waals surface area contributed by atoms with Crippen LogP contribution >= 0.6 is 0 Å². The number of nitrogens with zero attached hydrogens (tertiary/aromatic N) is 4. The molecule has 7 heteroatoms. The molecule has 26 heavy (non-hydrogen) atoms. The van der Waals surface area contributed by atoms with Crippen molar-refractivity contribution in [1.82, 2.24) is 19.9 Å². The van der Waals surface area contributed by atoms with Gasteiger partial charge in [-0.2, -0.15) is 4.98 Å². The molecule has 0 N–H and O–H groups in total. The number of hydrogen-bond donors (Lipinski definition) is 0. The van der Waals surface area contributed by atoms with Crippen LogP contribution in [0, 0.1) is 11.3 Å². The second-order valence-corrected chi connectivity index (χ2v) is 8.32. The van der Waals surface area contributed by atoms with Gasteiger partial charge in [-0.15, -0.1) is 0 Å². The summed E-state index contributed by atoms with van der Waals surface area (Å²) in [6.45, 7) is 9.23. The number of aromatic nitrogens is 2. The lowest BCUT2D eigenvalue weighted by Gasteiger charge is -2.48. The predicted molar refractivity (Wildman–Crippen MR) is 97.5 cm³/mol. The summed E-state index contributed by atoms with van der Waals surface area (Å²) in [6.07, 6.45) is 4.80. The Bertz CT molecular complexity index is 603. The van der Waals surface area contributed by atoms with Gasteiger partial charge in [0.2, 0.25) is 11.8 Å². The van der Waals surface area contributed by atoms with E-state index >= 15 is 0 Å². The van der Waals surface area contributed by atoms with Crippen molar-refractivity contribution in [3.8, 4) is 0 Å². The summed E-state index contributed by atoms with van der Waals surface area (Å²) in [5.41, 5.74) is 0.199. The van der Waals surface area contributed by atoms with Gasteiger partial charge in [-0.3, -0.25) is 9.69 Å². The Morgan fingerprint density at radius 2 is 2.15 bits per heavy atom. The first-order chi connectivity index (χ1) is 12.5. The third kappa shape index (κ3) is 4.82. The topological polar surface area (TPSA) is 71.7 Å². The molecule has 2 saturated heterocycles. The number of likely N-dealkylation sites (tertiary alicyclic amines) is 2. The van der Waals surface area contributed by atoms with Gasteiger partial charge in [0.05, 0.1) is 13.2 Å². The Kier molecular flexibility index (Phi) is 6.29. The van der Waals surface area contributed by atoms with Gasteiger partial charge in [-0.05, 0) is 31.7 Å². The maximum Gasteiger partial charge on any atom is 0.226 e. The fourth-order valence-electron chi connectivity index (χ4n) is 4.27. The molecule has 2 fully saturated rings. The van der Waals surface area contributed by atoms with Crippen LogP contribution in [0.2, 0.25) is 0 Å². The molecule has 0 saturated carbocycles. The van der Waals surface area contributed by atoms with E-state index in [4.69, 9.17) is 9.26 Å². The molecule has 146 valence electrons. The standard InChI is InChI=1S/C19H32N4O3/c1-15(2)11-17-20-16(21-26-17)12-22-8-4-6-19(13-22)7-5-18(24)23(14-19)9-10-25-3/h15H,4-14H2,1-3H3/t19-/m1/s1. The molecular weight excluding hydrogens is 332 g/mol. The van der Waals surface area contributed by atoms with Crippen molar-refractivity contribution in [3.63, 3.8) is 0 Å². The van der Waals surface area contributed by atoms with Crippen molar-refractivity contribution < 1.29 is 14.1 Å². The maximum atomic E-state index is 12.2. The number of hydrogen-bond acceptors (Lipinski definition) is 6. The van der Waals surface area contributed by atoms with Crippen molar-refractivity contribution >= 4 is 5.91 Å².